The second-order valence-electron chi connectivity index (χ2n) is 3.41. The van der Waals surface area contributed by atoms with E-state index >= 15 is 0 Å². The molecule has 9 heteroatoms. The van der Waals surface area contributed by atoms with E-state index in [4.69, 9.17) is 5.11 Å². The number of carboxylic acid groups (broad SMARTS) is 1. The molecule has 102 valence electrons. The SMILES string of the molecule is COc1c(C(=O)O)cc([N+](=O)[O-])c(NC(C)=O)c1F. The number of ether oxygens (including phenoxy) is 1. The molecular weight excluding hydrogens is 263 g/mol. The number of halogens is 1. The Morgan fingerprint density at radius 1 is 1.53 bits per heavy atom. The normalized spacial score (nSPS) is 9.84. The predicted octanol–water partition coefficient (Wildman–Crippen LogP) is 1.40. The monoisotopic (exact) mass is 272 g/mol. The first kappa shape index (κ1) is 14.4. The number of nitro groups is 1. The van der Waals surface area contributed by atoms with Crippen molar-refractivity contribution in [2.75, 3.05) is 12.4 Å². The van der Waals surface area contributed by atoms with Crippen LogP contribution >= 0.6 is 0 Å². The van der Waals surface area contributed by atoms with E-state index in [0.29, 0.717) is 6.07 Å². The summed E-state index contributed by atoms with van der Waals surface area (Å²) in [4.78, 5) is 31.6. The highest BCUT2D eigenvalue weighted by molar-refractivity contribution is 5.97. The minimum Gasteiger partial charge on any atom is -0.493 e. The van der Waals surface area contributed by atoms with Crippen LogP contribution in [0.4, 0.5) is 15.8 Å². The number of hydrogen-bond acceptors (Lipinski definition) is 5. The topological polar surface area (TPSA) is 119 Å². The fourth-order valence-corrected chi connectivity index (χ4v) is 1.42. The van der Waals surface area contributed by atoms with Crippen LogP contribution in [0, 0.1) is 15.9 Å². The molecule has 0 unspecified atom stereocenters. The average Bonchev–Trinajstić information content (AvgIpc) is 2.29. The molecule has 19 heavy (non-hydrogen) atoms. The largest absolute Gasteiger partial charge is 0.493 e. The number of hydrogen-bond donors (Lipinski definition) is 2. The molecule has 0 heterocycles. The van der Waals surface area contributed by atoms with Crippen molar-refractivity contribution in [3.05, 3.63) is 27.6 Å². The van der Waals surface area contributed by atoms with Crippen molar-refractivity contribution in [1.29, 1.82) is 0 Å². The number of rotatable bonds is 4. The van der Waals surface area contributed by atoms with Crippen LogP contribution in [0.2, 0.25) is 0 Å². The first-order valence-electron chi connectivity index (χ1n) is 4.85. The van der Waals surface area contributed by atoms with Crippen LogP contribution in [0.5, 0.6) is 5.75 Å². The summed E-state index contributed by atoms with van der Waals surface area (Å²) >= 11 is 0. The Hall–Kier alpha value is -2.71. The van der Waals surface area contributed by atoms with Crippen molar-refractivity contribution in [3.63, 3.8) is 0 Å². The van der Waals surface area contributed by atoms with Gasteiger partial charge in [-0.25, -0.2) is 9.18 Å². The van der Waals surface area contributed by atoms with Gasteiger partial charge in [-0.1, -0.05) is 0 Å². The number of methoxy groups -OCH3 is 1. The molecule has 1 aromatic rings. The highest BCUT2D eigenvalue weighted by Gasteiger charge is 2.29. The number of nitro benzene ring substituents is 1. The van der Waals surface area contributed by atoms with Gasteiger partial charge in [-0.2, -0.15) is 0 Å². The van der Waals surface area contributed by atoms with Gasteiger partial charge in [0.2, 0.25) is 5.91 Å². The van der Waals surface area contributed by atoms with Gasteiger partial charge in [-0.3, -0.25) is 14.9 Å². The summed E-state index contributed by atoms with van der Waals surface area (Å²) in [5.41, 5.74) is -2.31. The Morgan fingerprint density at radius 2 is 2.11 bits per heavy atom. The summed E-state index contributed by atoms with van der Waals surface area (Å²) in [7, 11) is 1.01. The number of nitrogens with zero attached hydrogens (tertiary/aromatic N) is 1. The lowest BCUT2D eigenvalue weighted by atomic mass is 10.1. The molecule has 1 rings (SSSR count). The van der Waals surface area contributed by atoms with Crippen molar-refractivity contribution >= 4 is 23.3 Å². The van der Waals surface area contributed by atoms with E-state index in [1.54, 1.807) is 0 Å². The molecule has 0 saturated heterocycles. The molecule has 1 aromatic carbocycles. The summed E-state index contributed by atoms with van der Waals surface area (Å²) in [6, 6.07) is 0.621. The van der Waals surface area contributed by atoms with E-state index in [1.165, 1.54) is 0 Å². The molecule has 0 saturated carbocycles. The maximum atomic E-state index is 14.0. The summed E-state index contributed by atoms with van der Waals surface area (Å²) in [6.07, 6.45) is 0. The van der Waals surface area contributed by atoms with Gasteiger partial charge in [-0.05, 0) is 0 Å². The van der Waals surface area contributed by atoms with Gasteiger partial charge in [0, 0.05) is 13.0 Å². The number of aromatic carboxylic acids is 1. The fourth-order valence-electron chi connectivity index (χ4n) is 1.42. The molecule has 0 bridgehead atoms. The lowest BCUT2D eigenvalue weighted by Gasteiger charge is -2.11. The third kappa shape index (κ3) is 2.76. The zero-order chi connectivity index (χ0) is 14.7. The number of carbonyl (C=O) groups excluding carboxylic acids is 1. The molecule has 0 radical (unpaired) electrons. The highest BCUT2D eigenvalue weighted by Crippen LogP contribution is 2.37. The number of anilines is 1. The number of carbonyl (C=O) groups is 2. The van der Waals surface area contributed by atoms with Crippen LogP contribution in [0.15, 0.2) is 6.07 Å². The molecule has 0 aliphatic carbocycles. The van der Waals surface area contributed by atoms with Gasteiger partial charge in [0.15, 0.2) is 17.3 Å². The van der Waals surface area contributed by atoms with Gasteiger partial charge < -0.3 is 15.2 Å². The van der Waals surface area contributed by atoms with Gasteiger partial charge in [0.05, 0.1) is 12.0 Å². The molecule has 0 aliphatic heterocycles. The molecule has 0 aromatic heterocycles. The van der Waals surface area contributed by atoms with E-state index in [9.17, 15) is 24.1 Å². The standard InChI is InChI=1S/C10H9FN2O6/c1-4(14)12-8-6(13(17)18)3-5(10(15)16)9(19-2)7(8)11/h3H,1-2H3,(H,12,14)(H,15,16). The summed E-state index contributed by atoms with van der Waals surface area (Å²) in [5, 5.41) is 21.6. The van der Waals surface area contributed by atoms with Crippen LogP contribution in [0.3, 0.4) is 0 Å². The van der Waals surface area contributed by atoms with Crippen molar-refractivity contribution in [2.45, 2.75) is 6.92 Å². The quantitative estimate of drug-likeness (QED) is 0.631. The molecule has 1 amide bonds. The maximum absolute atomic E-state index is 14.0. The van der Waals surface area contributed by atoms with Gasteiger partial charge >= 0.3 is 5.97 Å². The van der Waals surface area contributed by atoms with E-state index in [1.807, 2.05) is 5.32 Å². The molecule has 0 atom stereocenters. The van der Waals surface area contributed by atoms with Gasteiger partial charge in [-0.15, -0.1) is 0 Å². The highest BCUT2D eigenvalue weighted by atomic mass is 19.1. The lowest BCUT2D eigenvalue weighted by molar-refractivity contribution is -0.384. The van der Waals surface area contributed by atoms with Crippen molar-refractivity contribution < 1.29 is 28.7 Å². The van der Waals surface area contributed by atoms with Crippen molar-refractivity contribution in [3.8, 4) is 5.75 Å². The first-order chi connectivity index (χ1) is 8.79. The number of benzene rings is 1. The van der Waals surface area contributed by atoms with Crippen LogP contribution in [-0.2, 0) is 4.79 Å². The number of amides is 1. The average molecular weight is 272 g/mol. The van der Waals surface area contributed by atoms with E-state index < -0.39 is 45.3 Å². The van der Waals surface area contributed by atoms with E-state index in [2.05, 4.69) is 4.74 Å². The van der Waals surface area contributed by atoms with Crippen LogP contribution in [0.1, 0.15) is 17.3 Å². The third-order valence-corrected chi connectivity index (χ3v) is 2.13. The summed E-state index contributed by atoms with van der Waals surface area (Å²) in [5.74, 6) is -4.34. The Bertz CT molecular complexity index is 572. The number of carboxylic acids is 1. The molecular formula is C10H9FN2O6. The van der Waals surface area contributed by atoms with E-state index in [-0.39, 0.29) is 0 Å². The Morgan fingerprint density at radius 3 is 2.47 bits per heavy atom. The molecule has 0 spiro atoms. The Balaban J connectivity index is 3.66. The summed E-state index contributed by atoms with van der Waals surface area (Å²) < 4.78 is 18.5. The maximum Gasteiger partial charge on any atom is 0.339 e. The fraction of sp³-hybridized carbons (Fsp3) is 0.200. The van der Waals surface area contributed by atoms with Crippen molar-refractivity contribution in [2.24, 2.45) is 0 Å². The molecule has 0 fully saturated rings. The molecule has 0 aliphatic rings. The molecule has 2 N–H and O–H groups in total. The Kier molecular flexibility index (Phi) is 4.00. The first-order valence-corrected chi connectivity index (χ1v) is 4.85. The van der Waals surface area contributed by atoms with Gasteiger partial charge in [0.25, 0.3) is 5.69 Å². The van der Waals surface area contributed by atoms with Crippen molar-refractivity contribution in [1.82, 2.24) is 0 Å². The number of nitrogens with one attached hydrogen (secondary N) is 1. The van der Waals surface area contributed by atoms with Crippen LogP contribution in [-0.4, -0.2) is 29.0 Å². The predicted molar refractivity (Wildman–Crippen MR) is 60.9 cm³/mol. The second-order valence-corrected chi connectivity index (χ2v) is 3.41. The Labute approximate surface area is 105 Å². The van der Waals surface area contributed by atoms with Gasteiger partial charge in [0.1, 0.15) is 5.56 Å². The van der Waals surface area contributed by atoms with Crippen LogP contribution < -0.4 is 10.1 Å². The smallest absolute Gasteiger partial charge is 0.339 e. The summed E-state index contributed by atoms with van der Waals surface area (Å²) in [6.45, 7) is 1.03. The zero-order valence-corrected chi connectivity index (χ0v) is 9.89. The second kappa shape index (κ2) is 5.29. The lowest BCUT2D eigenvalue weighted by Crippen LogP contribution is -2.13. The third-order valence-electron chi connectivity index (χ3n) is 2.13. The molecule has 8 nitrogen and oxygen atoms in total. The van der Waals surface area contributed by atoms with Crippen LogP contribution in [0.25, 0.3) is 0 Å². The minimum absolute atomic E-state index is 0.621. The van der Waals surface area contributed by atoms with E-state index in [0.717, 1.165) is 14.0 Å². The zero-order valence-electron chi connectivity index (χ0n) is 9.89. The minimum atomic E-state index is -1.59.